The number of aromatic amines is 1. The topological polar surface area (TPSA) is 32.9 Å². The second kappa shape index (κ2) is 3.57. The summed E-state index contributed by atoms with van der Waals surface area (Å²) < 4.78 is 0. The van der Waals surface area contributed by atoms with Gasteiger partial charge in [0.15, 0.2) is 0 Å². The molecule has 1 rings (SSSR count). The molecule has 0 aliphatic heterocycles. The standard InChI is InChI=1S/C10H15NO/c1-4-8-5-9(7(2)3)11-10(12)6-8/h5-7H,4H2,1-3H3,(H,11,12). The number of aromatic nitrogens is 1. The molecule has 1 N–H and O–H groups in total. The molecule has 0 spiro atoms. The number of aryl methyl sites for hydroxylation is 1. The largest absolute Gasteiger partial charge is 0.326 e. The molecule has 2 heteroatoms. The molecule has 0 bridgehead atoms. The summed E-state index contributed by atoms with van der Waals surface area (Å²) in [6.45, 7) is 6.20. The van der Waals surface area contributed by atoms with Gasteiger partial charge in [0.25, 0.3) is 0 Å². The zero-order valence-corrected chi connectivity index (χ0v) is 7.85. The Kier molecular flexibility index (Phi) is 2.69. The summed E-state index contributed by atoms with van der Waals surface area (Å²) in [6.07, 6.45) is 0.920. The van der Waals surface area contributed by atoms with E-state index in [1.807, 2.05) is 0 Å². The maximum Gasteiger partial charge on any atom is 0.248 e. The third kappa shape index (κ3) is 1.97. The lowest BCUT2D eigenvalue weighted by Crippen LogP contribution is -2.09. The van der Waals surface area contributed by atoms with E-state index in [1.165, 1.54) is 0 Å². The third-order valence-electron chi connectivity index (χ3n) is 1.96. The number of hydrogen-bond donors (Lipinski definition) is 1. The van der Waals surface area contributed by atoms with E-state index in [1.54, 1.807) is 6.07 Å². The summed E-state index contributed by atoms with van der Waals surface area (Å²) >= 11 is 0. The van der Waals surface area contributed by atoms with Crippen LogP contribution in [0.3, 0.4) is 0 Å². The van der Waals surface area contributed by atoms with Gasteiger partial charge in [-0.25, -0.2) is 0 Å². The van der Waals surface area contributed by atoms with Gasteiger partial charge in [-0.05, 0) is 24.0 Å². The molecular formula is C10H15NO. The average molecular weight is 165 g/mol. The Morgan fingerprint density at radius 2 is 2.08 bits per heavy atom. The minimum Gasteiger partial charge on any atom is -0.326 e. The van der Waals surface area contributed by atoms with Gasteiger partial charge < -0.3 is 4.98 Å². The van der Waals surface area contributed by atoms with Crippen LogP contribution in [0.5, 0.6) is 0 Å². The van der Waals surface area contributed by atoms with Crippen molar-refractivity contribution in [2.75, 3.05) is 0 Å². The molecule has 66 valence electrons. The van der Waals surface area contributed by atoms with Crippen molar-refractivity contribution in [3.63, 3.8) is 0 Å². The van der Waals surface area contributed by atoms with Crippen molar-refractivity contribution < 1.29 is 0 Å². The van der Waals surface area contributed by atoms with Crippen LogP contribution in [-0.2, 0) is 6.42 Å². The van der Waals surface area contributed by atoms with Gasteiger partial charge in [-0.15, -0.1) is 0 Å². The molecule has 0 aromatic carbocycles. The maximum atomic E-state index is 11.1. The predicted octanol–water partition coefficient (Wildman–Crippen LogP) is 2.06. The normalized spacial score (nSPS) is 10.7. The summed E-state index contributed by atoms with van der Waals surface area (Å²) in [4.78, 5) is 13.9. The Bertz CT molecular complexity index is 312. The predicted molar refractivity (Wildman–Crippen MR) is 50.5 cm³/mol. The maximum absolute atomic E-state index is 11.1. The van der Waals surface area contributed by atoms with Crippen molar-refractivity contribution in [2.45, 2.75) is 33.1 Å². The number of nitrogens with one attached hydrogen (secondary N) is 1. The van der Waals surface area contributed by atoms with E-state index < -0.39 is 0 Å². The van der Waals surface area contributed by atoms with Crippen LogP contribution in [0.25, 0.3) is 0 Å². The van der Waals surface area contributed by atoms with Crippen molar-refractivity contribution in [3.8, 4) is 0 Å². The fourth-order valence-corrected chi connectivity index (χ4v) is 1.14. The van der Waals surface area contributed by atoms with Crippen LogP contribution in [0, 0.1) is 0 Å². The lowest BCUT2D eigenvalue weighted by molar-refractivity contribution is 0.810. The molecule has 0 saturated heterocycles. The summed E-state index contributed by atoms with van der Waals surface area (Å²) in [5.74, 6) is 0.393. The highest BCUT2D eigenvalue weighted by Crippen LogP contribution is 2.10. The number of pyridine rings is 1. The fraction of sp³-hybridized carbons (Fsp3) is 0.500. The van der Waals surface area contributed by atoms with Crippen LogP contribution in [0.2, 0.25) is 0 Å². The lowest BCUT2D eigenvalue weighted by Gasteiger charge is -2.05. The Labute approximate surface area is 72.6 Å². The van der Waals surface area contributed by atoms with Crippen LogP contribution in [0.4, 0.5) is 0 Å². The second-order valence-electron chi connectivity index (χ2n) is 3.32. The lowest BCUT2D eigenvalue weighted by atomic mass is 10.1. The highest BCUT2D eigenvalue weighted by atomic mass is 16.1. The number of hydrogen-bond acceptors (Lipinski definition) is 1. The first-order valence-corrected chi connectivity index (χ1v) is 4.36. The molecule has 0 aliphatic carbocycles. The molecule has 0 radical (unpaired) electrons. The molecule has 12 heavy (non-hydrogen) atoms. The average Bonchev–Trinajstić information content (AvgIpc) is 2.03. The molecule has 0 atom stereocenters. The van der Waals surface area contributed by atoms with Gasteiger partial charge in [0.05, 0.1) is 0 Å². The first kappa shape index (κ1) is 9.04. The van der Waals surface area contributed by atoms with Crippen molar-refractivity contribution in [2.24, 2.45) is 0 Å². The quantitative estimate of drug-likeness (QED) is 0.714. The minimum absolute atomic E-state index is 0.0121. The van der Waals surface area contributed by atoms with E-state index in [0.717, 1.165) is 17.7 Å². The third-order valence-corrected chi connectivity index (χ3v) is 1.96. The SMILES string of the molecule is CCc1cc(C(C)C)[nH]c(=O)c1. The van der Waals surface area contributed by atoms with Gasteiger partial charge in [-0.1, -0.05) is 20.8 Å². The van der Waals surface area contributed by atoms with Gasteiger partial charge >= 0.3 is 0 Å². The van der Waals surface area contributed by atoms with E-state index >= 15 is 0 Å². The Morgan fingerprint density at radius 1 is 1.42 bits per heavy atom. The Hall–Kier alpha value is -1.05. The molecule has 1 aromatic rings. The van der Waals surface area contributed by atoms with Crippen molar-refractivity contribution in [1.29, 1.82) is 0 Å². The number of H-pyrrole nitrogens is 1. The first-order valence-electron chi connectivity index (χ1n) is 4.36. The Balaban J connectivity index is 3.15. The van der Waals surface area contributed by atoms with Gasteiger partial charge in [0.1, 0.15) is 0 Å². The summed E-state index contributed by atoms with van der Waals surface area (Å²) in [5.41, 5.74) is 2.15. The van der Waals surface area contributed by atoms with Crippen molar-refractivity contribution in [3.05, 3.63) is 33.7 Å². The minimum atomic E-state index is 0.0121. The molecule has 1 aromatic heterocycles. The second-order valence-corrected chi connectivity index (χ2v) is 3.32. The van der Waals surface area contributed by atoms with Crippen molar-refractivity contribution in [1.82, 2.24) is 4.98 Å². The van der Waals surface area contributed by atoms with E-state index in [0.29, 0.717) is 5.92 Å². The van der Waals surface area contributed by atoms with Crippen LogP contribution >= 0.6 is 0 Å². The Morgan fingerprint density at radius 3 is 2.58 bits per heavy atom. The summed E-state index contributed by atoms with van der Waals surface area (Å²) in [7, 11) is 0. The van der Waals surface area contributed by atoms with Crippen LogP contribution in [0.1, 0.15) is 37.9 Å². The van der Waals surface area contributed by atoms with E-state index in [9.17, 15) is 4.79 Å². The van der Waals surface area contributed by atoms with E-state index in [-0.39, 0.29) is 5.56 Å². The van der Waals surface area contributed by atoms with E-state index in [4.69, 9.17) is 0 Å². The zero-order chi connectivity index (χ0) is 9.14. The molecule has 0 saturated carbocycles. The first-order chi connectivity index (χ1) is 5.63. The van der Waals surface area contributed by atoms with Crippen LogP contribution in [0.15, 0.2) is 16.9 Å². The highest BCUT2D eigenvalue weighted by Gasteiger charge is 2.01. The van der Waals surface area contributed by atoms with Crippen molar-refractivity contribution >= 4 is 0 Å². The smallest absolute Gasteiger partial charge is 0.248 e. The molecule has 1 heterocycles. The van der Waals surface area contributed by atoms with Gasteiger partial charge in [0.2, 0.25) is 5.56 Å². The molecule has 0 fully saturated rings. The molecular weight excluding hydrogens is 150 g/mol. The molecule has 0 aliphatic rings. The fourth-order valence-electron chi connectivity index (χ4n) is 1.14. The summed E-state index contributed by atoms with van der Waals surface area (Å²) in [5, 5.41) is 0. The van der Waals surface area contributed by atoms with Crippen LogP contribution in [-0.4, -0.2) is 4.98 Å². The molecule has 0 unspecified atom stereocenters. The van der Waals surface area contributed by atoms with Gasteiger partial charge in [-0.3, -0.25) is 4.79 Å². The highest BCUT2D eigenvalue weighted by molar-refractivity contribution is 5.18. The molecule has 0 amide bonds. The zero-order valence-electron chi connectivity index (χ0n) is 7.85. The van der Waals surface area contributed by atoms with Gasteiger partial charge in [0, 0.05) is 11.8 Å². The monoisotopic (exact) mass is 165 g/mol. The van der Waals surface area contributed by atoms with Gasteiger partial charge in [-0.2, -0.15) is 0 Å². The molecule has 2 nitrogen and oxygen atoms in total. The number of rotatable bonds is 2. The van der Waals surface area contributed by atoms with Crippen LogP contribution < -0.4 is 5.56 Å². The van der Waals surface area contributed by atoms with E-state index in [2.05, 4.69) is 31.8 Å². The summed E-state index contributed by atoms with van der Waals surface area (Å²) in [6, 6.07) is 3.72.